The van der Waals surface area contributed by atoms with E-state index in [-0.39, 0.29) is 22.8 Å². The Morgan fingerprint density at radius 2 is 1.78 bits per heavy atom. The lowest BCUT2D eigenvalue weighted by molar-refractivity contribution is -0.00000482. The Bertz CT molecular complexity index is 788. The molecule has 0 aliphatic rings. The Morgan fingerprint density at radius 1 is 1.09 bits per heavy atom. The van der Waals surface area contributed by atoms with Crippen molar-refractivity contribution in [2.45, 2.75) is 0 Å². The molecule has 0 aliphatic heterocycles. The van der Waals surface area contributed by atoms with Crippen molar-refractivity contribution in [3.05, 3.63) is 70.3 Å². The molecule has 0 saturated heterocycles. The van der Waals surface area contributed by atoms with Gasteiger partial charge >= 0.3 is 0 Å². The van der Waals surface area contributed by atoms with Crippen molar-refractivity contribution in [2.24, 2.45) is 5.10 Å². The Balaban J connectivity index is 0.00000192. The van der Waals surface area contributed by atoms with Gasteiger partial charge in [0.2, 0.25) is 5.13 Å². The topological polar surface area (TPSA) is 37.3 Å². The third-order valence-corrected chi connectivity index (χ3v) is 3.89. The second-order valence-corrected chi connectivity index (χ2v) is 5.76. The van der Waals surface area contributed by atoms with Gasteiger partial charge in [-0.25, -0.2) is 9.37 Å². The van der Waals surface area contributed by atoms with Gasteiger partial charge in [0.25, 0.3) is 0 Å². The molecule has 2 aromatic carbocycles. The van der Waals surface area contributed by atoms with E-state index >= 15 is 0 Å². The number of aromatic nitrogens is 1. The summed E-state index contributed by atoms with van der Waals surface area (Å²) in [6.45, 7) is 0. The molecular weight excluding hydrogens is 401 g/mol. The summed E-state index contributed by atoms with van der Waals surface area (Å²) in [4.78, 5) is 4.45. The largest absolute Gasteiger partial charge is 1.00 e. The van der Waals surface area contributed by atoms with Crippen LogP contribution in [0.3, 0.4) is 0 Å². The van der Waals surface area contributed by atoms with Crippen molar-refractivity contribution in [1.29, 1.82) is 0 Å². The third-order valence-electron chi connectivity index (χ3n) is 2.89. The average molecular weight is 412 g/mol. The van der Waals surface area contributed by atoms with E-state index in [1.165, 1.54) is 23.5 Å². The zero-order valence-corrected chi connectivity index (χ0v) is 14.9. The van der Waals surface area contributed by atoms with Gasteiger partial charge in [-0.2, -0.15) is 5.10 Å². The van der Waals surface area contributed by atoms with Gasteiger partial charge in [-0.3, -0.25) is 5.43 Å². The maximum Gasteiger partial charge on any atom is 0.203 e. The first kappa shape index (κ1) is 17.6. The monoisotopic (exact) mass is 410 g/mol. The summed E-state index contributed by atoms with van der Waals surface area (Å²) in [5, 5.41) is 7.41. The van der Waals surface area contributed by atoms with Crippen molar-refractivity contribution in [3.63, 3.8) is 0 Å². The summed E-state index contributed by atoms with van der Waals surface area (Å²) >= 11 is 7.33. The quantitative estimate of drug-likeness (QED) is 0.527. The second-order valence-electron chi connectivity index (χ2n) is 4.47. The molecule has 0 spiro atoms. The van der Waals surface area contributed by atoms with E-state index in [0.717, 1.165) is 16.8 Å². The molecule has 3 aromatic rings. The molecule has 0 radical (unpaired) electrons. The molecule has 0 unspecified atom stereocenters. The van der Waals surface area contributed by atoms with Gasteiger partial charge < -0.3 is 17.0 Å². The summed E-state index contributed by atoms with van der Waals surface area (Å²) in [6, 6.07) is 13.6. The van der Waals surface area contributed by atoms with Crippen LogP contribution in [0.4, 0.5) is 9.52 Å². The van der Waals surface area contributed by atoms with Crippen LogP contribution in [-0.2, 0) is 0 Å². The predicted octanol–water partition coefficient (Wildman–Crippen LogP) is 2.05. The number of hydrogen-bond acceptors (Lipinski definition) is 4. The molecule has 3 nitrogen and oxygen atoms in total. The van der Waals surface area contributed by atoms with E-state index < -0.39 is 0 Å². The molecule has 0 saturated carbocycles. The molecule has 0 aliphatic carbocycles. The van der Waals surface area contributed by atoms with Gasteiger partial charge in [-0.05, 0) is 29.8 Å². The molecule has 1 heterocycles. The molecule has 0 amide bonds. The highest BCUT2D eigenvalue weighted by molar-refractivity contribution is 7.14. The number of benzene rings is 2. The number of halogens is 3. The van der Waals surface area contributed by atoms with Gasteiger partial charge in [-0.1, -0.05) is 35.9 Å². The van der Waals surface area contributed by atoms with Gasteiger partial charge in [0, 0.05) is 16.0 Å². The van der Waals surface area contributed by atoms with E-state index in [4.69, 9.17) is 11.6 Å². The molecule has 118 valence electrons. The van der Waals surface area contributed by atoms with Crippen LogP contribution < -0.4 is 22.4 Å². The number of nitrogens with zero attached hydrogens (tertiary/aromatic N) is 2. The first-order chi connectivity index (χ1) is 10.7. The van der Waals surface area contributed by atoms with Crippen LogP contribution in [0.15, 0.2) is 59.0 Å². The fraction of sp³-hybridized carbons (Fsp3) is 0. The lowest BCUT2D eigenvalue weighted by Gasteiger charge is -1.96. The molecular formula is C16H11BrClFN3S-. The third kappa shape index (κ3) is 4.86. The number of nitrogens with one attached hydrogen (secondary N) is 1. The van der Waals surface area contributed by atoms with E-state index in [0.29, 0.717) is 10.2 Å². The second kappa shape index (κ2) is 8.19. The zero-order chi connectivity index (χ0) is 15.4. The summed E-state index contributed by atoms with van der Waals surface area (Å²) in [7, 11) is 0. The van der Waals surface area contributed by atoms with Crippen LogP contribution in [0.2, 0.25) is 5.02 Å². The minimum Gasteiger partial charge on any atom is -1.00 e. The average Bonchev–Trinajstić information content (AvgIpc) is 2.99. The fourth-order valence-corrected chi connectivity index (χ4v) is 2.58. The highest BCUT2D eigenvalue weighted by Crippen LogP contribution is 2.25. The molecule has 23 heavy (non-hydrogen) atoms. The van der Waals surface area contributed by atoms with Gasteiger partial charge in [0.05, 0.1) is 11.9 Å². The minimum absolute atomic E-state index is 0. The Morgan fingerprint density at radius 3 is 2.48 bits per heavy atom. The maximum atomic E-state index is 12.8. The molecule has 0 atom stereocenters. The maximum absolute atomic E-state index is 12.8. The van der Waals surface area contributed by atoms with Crippen molar-refractivity contribution < 1.29 is 21.4 Å². The molecule has 3 rings (SSSR count). The molecule has 1 aromatic heterocycles. The fourth-order valence-electron chi connectivity index (χ4n) is 1.79. The smallest absolute Gasteiger partial charge is 0.203 e. The van der Waals surface area contributed by atoms with Gasteiger partial charge in [0.1, 0.15) is 5.82 Å². The summed E-state index contributed by atoms with van der Waals surface area (Å²) in [5.74, 6) is -0.266. The van der Waals surface area contributed by atoms with Crippen LogP contribution in [0.5, 0.6) is 0 Å². The first-order valence-corrected chi connectivity index (χ1v) is 7.72. The van der Waals surface area contributed by atoms with Crippen LogP contribution >= 0.6 is 22.9 Å². The lowest BCUT2D eigenvalue weighted by atomic mass is 10.2. The number of rotatable bonds is 4. The number of hydrazone groups is 1. The number of hydrogen-bond donors (Lipinski definition) is 1. The van der Waals surface area contributed by atoms with Crippen molar-refractivity contribution in [2.75, 3.05) is 5.43 Å². The Kier molecular flexibility index (Phi) is 6.27. The van der Waals surface area contributed by atoms with Crippen LogP contribution in [-0.4, -0.2) is 11.2 Å². The summed E-state index contributed by atoms with van der Waals surface area (Å²) < 4.78 is 12.8. The zero-order valence-electron chi connectivity index (χ0n) is 11.7. The van der Waals surface area contributed by atoms with Crippen molar-refractivity contribution >= 4 is 34.3 Å². The standard InChI is InChI=1S/C16H11ClFN3S.BrH/c17-13-5-3-12(4-6-13)15-10-22-16(20-15)21-19-9-11-1-7-14(18)8-2-11;/h1-10H,(H,20,21);1H/p-1/b19-9+;. The van der Waals surface area contributed by atoms with Crippen LogP contribution in [0.1, 0.15) is 5.56 Å². The van der Waals surface area contributed by atoms with E-state index in [2.05, 4.69) is 15.5 Å². The first-order valence-electron chi connectivity index (χ1n) is 6.47. The lowest BCUT2D eigenvalue weighted by Crippen LogP contribution is -3.00. The number of thiazole rings is 1. The number of anilines is 1. The van der Waals surface area contributed by atoms with Crippen molar-refractivity contribution in [3.8, 4) is 11.3 Å². The van der Waals surface area contributed by atoms with Gasteiger partial charge in [-0.15, -0.1) is 11.3 Å². The summed E-state index contributed by atoms with van der Waals surface area (Å²) in [6.07, 6.45) is 1.61. The molecule has 1 N–H and O–H groups in total. The van der Waals surface area contributed by atoms with E-state index in [1.54, 1.807) is 18.3 Å². The molecule has 0 fully saturated rings. The van der Waals surface area contributed by atoms with E-state index in [9.17, 15) is 4.39 Å². The van der Waals surface area contributed by atoms with Crippen LogP contribution in [0, 0.1) is 5.82 Å². The Labute approximate surface area is 152 Å². The SMILES string of the molecule is Fc1ccc(/C=N/Nc2nc(-c3ccc(Cl)cc3)cs2)cc1.[Br-]. The van der Waals surface area contributed by atoms with Gasteiger partial charge in [0.15, 0.2) is 0 Å². The Hall–Kier alpha value is -1.76. The highest BCUT2D eigenvalue weighted by Gasteiger charge is 2.03. The van der Waals surface area contributed by atoms with Crippen molar-refractivity contribution in [1.82, 2.24) is 4.98 Å². The van der Waals surface area contributed by atoms with E-state index in [1.807, 2.05) is 29.6 Å². The summed E-state index contributed by atoms with van der Waals surface area (Å²) in [5.41, 5.74) is 5.53. The normalized spacial score (nSPS) is 10.5. The molecule has 0 bridgehead atoms. The predicted molar refractivity (Wildman–Crippen MR) is 90.2 cm³/mol. The molecule has 7 heteroatoms. The van der Waals surface area contributed by atoms with Crippen LogP contribution in [0.25, 0.3) is 11.3 Å². The minimum atomic E-state index is -0.266. The highest BCUT2D eigenvalue weighted by atomic mass is 79.9.